The van der Waals surface area contributed by atoms with Gasteiger partial charge in [-0.05, 0) is 32.3 Å². The van der Waals surface area contributed by atoms with Crippen LogP contribution in [0.5, 0.6) is 0 Å². The minimum absolute atomic E-state index is 0.00544. The molecule has 18 heavy (non-hydrogen) atoms. The molecule has 1 amide bonds. The van der Waals surface area contributed by atoms with Crippen molar-refractivity contribution in [2.45, 2.75) is 50.9 Å². The summed E-state index contributed by atoms with van der Waals surface area (Å²) in [5.74, 6) is -0.340. The predicted molar refractivity (Wildman–Crippen MR) is 67.8 cm³/mol. The zero-order valence-electron chi connectivity index (χ0n) is 10.9. The zero-order chi connectivity index (χ0) is 13.6. The normalized spacial score (nSPS) is 31.7. The van der Waals surface area contributed by atoms with Gasteiger partial charge in [0.15, 0.2) is 0 Å². The Morgan fingerprint density at radius 2 is 2.17 bits per heavy atom. The molecule has 2 atom stereocenters. The van der Waals surface area contributed by atoms with E-state index in [1.165, 1.54) is 0 Å². The van der Waals surface area contributed by atoms with Crippen molar-refractivity contribution in [3.63, 3.8) is 0 Å². The first-order valence-electron chi connectivity index (χ1n) is 6.21. The Bertz CT molecular complexity index is 330. The maximum Gasteiger partial charge on any atom is 0.237 e. The number of nitrogens with zero attached hydrogens (tertiary/aromatic N) is 3. The quantitative estimate of drug-likeness (QED) is 0.320. The maximum atomic E-state index is 11.7. The lowest BCUT2D eigenvalue weighted by Gasteiger charge is -2.41. The molecule has 0 aromatic rings. The van der Waals surface area contributed by atoms with Crippen LogP contribution in [0.3, 0.4) is 0 Å². The summed E-state index contributed by atoms with van der Waals surface area (Å²) in [6.07, 6.45) is 1.85. The van der Waals surface area contributed by atoms with Gasteiger partial charge in [0, 0.05) is 24.3 Å². The third kappa shape index (κ3) is 3.87. The van der Waals surface area contributed by atoms with Gasteiger partial charge >= 0.3 is 0 Å². The Kier molecular flexibility index (Phi) is 5.40. The standard InChI is InChI=1S/C11H21N5O2/c1-8-6-11(10(12)17,7-9(2)18-8)14-4-3-5-15-16-13/h8-9,14H,3-7H2,1-2H3,(H2,12,17). The largest absolute Gasteiger partial charge is 0.375 e. The van der Waals surface area contributed by atoms with Crippen LogP contribution in [0.1, 0.15) is 33.1 Å². The summed E-state index contributed by atoms with van der Waals surface area (Å²) < 4.78 is 5.62. The number of carbonyl (C=O) groups is 1. The van der Waals surface area contributed by atoms with Crippen molar-refractivity contribution >= 4 is 5.91 Å². The van der Waals surface area contributed by atoms with Crippen molar-refractivity contribution in [1.29, 1.82) is 0 Å². The first-order valence-corrected chi connectivity index (χ1v) is 6.21. The number of nitrogens with two attached hydrogens (primary N) is 1. The van der Waals surface area contributed by atoms with Crippen LogP contribution < -0.4 is 11.1 Å². The van der Waals surface area contributed by atoms with E-state index in [2.05, 4.69) is 15.3 Å². The van der Waals surface area contributed by atoms with E-state index < -0.39 is 5.54 Å². The minimum Gasteiger partial charge on any atom is -0.375 e. The van der Waals surface area contributed by atoms with E-state index in [4.69, 9.17) is 16.0 Å². The summed E-state index contributed by atoms with van der Waals surface area (Å²) >= 11 is 0. The summed E-state index contributed by atoms with van der Waals surface area (Å²) in [6.45, 7) is 4.89. The SMILES string of the molecule is CC1CC(NCCCN=[N+]=[N-])(C(N)=O)CC(C)O1. The van der Waals surface area contributed by atoms with Crippen LogP contribution in [0, 0.1) is 0 Å². The number of azide groups is 1. The highest BCUT2D eigenvalue weighted by Crippen LogP contribution is 2.28. The molecule has 102 valence electrons. The number of amides is 1. The van der Waals surface area contributed by atoms with E-state index in [0.29, 0.717) is 32.4 Å². The van der Waals surface area contributed by atoms with Gasteiger partial charge in [-0.15, -0.1) is 0 Å². The molecule has 3 N–H and O–H groups in total. The Morgan fingerprint density at radius 1 is 1.56 bits per heavy atom. The molecule has 0 saturated carbocycles. The molecule has 1 fully saturated rings. The van der Waals surface area contributed by atoms with Gasteiger partial charge in [0.2, 0.25) is 5.91 Å². The number of rotatable bonds is 6. The fourth-order valence-corrected chi connectivity index (χ4v) is 2.51. The Morgan fingerprint density at radius 3 is 2.67 bits per heavy atom. The molecule has 7 nitrogen and oxygen atoms in total. The van der Waals surface area contributed by atoms with Crippen LogP contribution >= 0.6 is 0 Å². The lowest BCUT2D eigenvalue weighted by molar-refractivity contribution is -0.135. The highest BCUT2D eigenvalue weighted by Gasteiger charge is 2.42. The van der Waals surface area contributed by atoms with Gasteiger partial charge in [0.25, 0.3) is 0 Å². The zero-order valence-corrected chi connectivity index (χ0v) is 10.9. The number of nitrogens with one attached hydrogen (secondary N) is 1. The first-order chi connectivity index (χ1) is 8.50. The third-order valence-corrected chi connectivity index (χ3v) is 3.17. The summed E-state index contributed by atoms with van der Waals surface area (Å²) in [5, 5.41) is 6.67. The third-order valence-electron chi connectivity index (χ3n) is 3.17. The fourth-order valence-electron chi connectivity index (χ4n) is 2.51. The van der Waals surface area contributed by atoms with Crippen molar-refractivity contribution in [2.75, 3.05) is 13.1 Å². The molecule has 1 saturated heterocycles. The second-order valence-electron chi connectivity index (χ2n) is 4.85. The van der Waals surface area contributed by atoms with Crippen molar-refractivity contribution in [1.82, 2.24) is 5.32 Å². The average Bonchev–Trinajstić information content (AvgIpc) is 2.27. The van der Waals surface area contributed by atoms with Crippen LogP contribution in [0.4, 0.5) is 0 Å². The highest BCUT2D eigenvalue weighted by molar-refractivity contribution is 5.84. The highest BCUT2D eigenvalue weighted by atomic mass is 16.5. The van der Waals surface area contributed by atoms with E-state index in [-0.39, 0.29) is 18.1 Å². The molecule has 1 aliphatic heterocycles. The molecule has 1 heterocycles. The molecule has 0 spiro atoms. The van der Waals surface area contributed by atoms with Gasteiger partial charge in [0.05, 0.1) is 12.2 Å². The van der Waals surface area contributed by atoms with Crippen LogP contribution in [-0.2, 0) is 9.53 Å². The number of primary amides is 1. The monoisotopic (exact) mass is 255 g/mol. The topological polar surface area (TPSA) is 113 Å². The van der Waals surface area contributed by atoms with Crippen LogP contribution in [0.15, 0.2) is 5.11 Å². The first kappa shape index (κ1) is 14.8. The van der Waals surface area contributed by atoms with Crippen molar-refractivity contribution in [3.05, 3.63) is 10.4 Å². The van der Waals surface area contributed by atoms with E-state index >= 15 is 0 Å². The number of ether oxygens (including phenoxy) is 1. The van der Waals surface area contributed by atoms with Gasteiger partial charge in [0.1, 0.15) is 5.54 Å². The van der Waals surface area contributed by atoms with E-state index in [1.807, 2.05) is 13.8 Å². The number of carbonyl (C=O) groups excluding carboxylic acids is 1. The van der Waals surface area contributed by atoms with Crippen LogP contribution in [0.2, 0.25) is 0 Å². The minimum atomic E-state index is -0.701. The molecule has 0 aromatic heterocycles. The van der Waals surface area contributed by atoms with Crippen molar-refractivity contribution in [2.24, 2.45) is 10.8 Å². The van der Waals surface area contributed by atoms with E-state index in [9.17, 15) is 4.79 Å². The number of hydrogen-bond acceptors (Lipinski definition) is 4. The fraction of sp³-hybridized carbons (Fsp3) is 0.909. The second kappa shape index (κ2) is 6.58. The van der Waals surface area contributed by atoms with Gasteiger partial charge in [-0.1, -0.05) is 5.11 Å². The lowest BCUT2D eigenvalue weighted by atomic mass is 9.83. The Hall–Kier alpha value is -1.30. The lowest BCUT2D eigenvalue weighted by Crippen LogP contribution is -2.61. The van der Waals surface area contributed by atoms with Crippen LogP contribution in [0.25, 0.3) is 10.4 Å². The molecule has 0 bridgehead atoms. The molecule has 0 radical (unpaired) electrons. The molecule has 1 rings (SSSR count). The summed E-state index contributed by atoms with van der Waals surface area (Å²) in [5.41, 5.74) is 13.0. The van der Waals surface area contributed by atoms with E-state index in [1.54, 1.807) is 0 Å². The second-order valence-corrected chi connectivity index (χ2v) is 4.85. The molecule has 1 aliphatic rings. The molecule has 7 heteroatoms. The predicted octanol–water partition coefficient (Wildman–Crippen LogP) is 1.09. The summed E-state index contributed by atoms with van der Waals surface area (Å²) in [4.78, 5) is 14.4. The Labute approximate surface area is 107 Å². The van der Waals surface area contributed by atoms with Crippen LogP contribution in [-0.4, -0.2) is 36.7 Å². The molecule has 0 aliphatic carbocycles. The number of hydrogen-bond donors (Lipinski definition) is 2. The van der Waals surface area contributed by atoms with E-state index in [0.717, 1.165) is 0 Å². The van der Waals surface area contributed by atoms with Crippen molar-refractivity contribution < 1.29 is 9.53 Å². The van der Waals surface area contributed by atoms with Crippen molar-refractivity contribution in [3.8, 4) is 0 Å². The molecular weight excluding hydrogens is 234 g/mol. The van der Waals surface area contributed by atoms with Gasteiger partial charge in [-0.2, -0.15) is 0 Å². The summed E-state index contributed by atoms with van der Waals surface area (Å²) in [7, 11) is 0. The molecule has 0 aromatic carbocycles. The van der Waals surface area contributed by atoms with Gasteiger partial charge in [-0.3, -0.25) is 4.79 Å². The average molecular weight is 255 g/mol. The molecular formula is C11H21N5O2. The Balaban J connectivity index is 2.57. The molecule has 2 unspecified atom stereocenters. The van der Waals surface area contributed by atoms with Gasteiger partial charge in [-0.25, -0.2) is 0 Å². The maximum absolute atomic E-state index is 11.7. The van der Waals surface area contributed by atoms with Gasteiger partial charge < -0.3 is 15.8 Å². The smallest absolute Gasteiger partial charge is 0.237 e. The summed E-state index contributed by atoms with van der Waals surface area (Å²) in [6, 6.07) is 0.